The maximum atomic E-state index is 4.64. The van der Waals surface area contributed by atoms with Crippen LogP contribution in [0.3, 0.4) is 0 Å². The second-order valence-electron chi connectivity index (χ2n) is 5.64. The molecule has 1 saturated heterocycles. The summed E-state index contributed by atoms with van der Waals surface area (Å²) in [4.78, 5) is 2.68. The van der Waals surface area contributed by atoms with Crippen LogP contribution in [0.25, 0.3) is 0 Å². The Morgan fingerprint density at radius 2 is 1.95 bits per heavy atom. The number of rotatable bonds is 6. The second-order valence-corrected chi connectivity index (χ2v) is 5.64. The van der Waals surface area contributed by atoms with Crippen molar-refractivity contribution < 1.29 is 0 Å². The molecule has 0 saturated carbocycles. The van der Waals surface area contributed by atoms with Crippen molar-refractivity contribution in [3.63, 3.8) is 0 Å². The lowest BCUT2D eigenvalue weighted by Crippen LogP contribution is -2.54. The predicted octanol–water partition coefficient (Wildman–Crippen LogP) is 2.34. The van der Waals surface area contributed by atoms with Crippen LogP contribution in [0.5, 0.6) is 0 Å². The first-order valence-electron chi connectivity index (χ1n) is 7.59. The molecule has 4 nitrogen and oxygen atoms in total. The molecule has 1 aromatic rings. The van der Waals surface area contributed by atoms with E-state index in [0.29, 0.717) is 6.04 Å². The van der Waals surface area contributed by atoms with Crippen LogP contribution in [0.15, 0.2) is 12.3 Å². The molecule has 1 N–H and O–H groups in total. The van der Waals surface area contributed by atoms with Crippen molar-refractivity contribution in [3.8, 4) is 0 Å². The lowest BCUT2D eigenvalue weighted by molar-refractivity contribution is 0.0629. The van der Waals surface area contributed by atoms with E-state index in [1.54, 1.807) is 0 Å². The fourth-order valence-corrected chi connectivity index (χ4v) is 3.73. The van der Waals surface area contributed by atoms with Gasteiger partial charge in [0.05, 0.1) is 11.7 Å². The maximum absolute atomic E-state index is 4.64. The van der Waals surface area contributed by atoms with Gasteiger partial charge in [0.25, 0.3) is 0 Å². The van der Waals surface area contributed by atoms with Crippen molar-refractivity contribution >= 4 is 0 Å². The van der Waals surface area contributed by atoms with Crippen molar-refractivity contribution in [2.24, 2.45) is 7.05 Å². The number of hydrogen-bond donors (Lipinski definition) is 1. The highest BCUT2D eigenvalue weighted by Gasteiger charge is 2.43. The normalized spacial score (nSPS) is 18.9. The van der Waals surface area contributed by atoms with E-state index in [2.05, 4.69) is 42.3 Å². The summed E-state index contributed by atoms with van der Waals surface area (Å²) in [5, 5.41) is 8.18. The molecule has 2 heterocycles. The first-order chi connectivity index (χ1) is 9.17. The van der Waals surface area contributed by atoms with E-state index in [1.807, 2.05) is 17.9 Å². The second kappa shape index (κ2) is 6.06. The van der Waals surface area contributed by atoms with Gasteiger partial charge in [-0.1, -0.05) is 13.8 Å². The third-order valence-corrected chi connectivity index (χ3v) is 4.82. The minimum atomic E-state index is 0.194. The fraction of sp³-hybridized carbons (Fsp3) is 0.800. The standard InChI is InChI=1S/C15H28N4/c1-5-15(6-2,19-10-7-8-11-19)14(16-3)13-9-12-18(4)17-13/h9,12,14,16H,5-8,10-11H2,1-4H3. The Kier molecular flexibility index (Phi) is 4.63. The van der Waals surface area contributed by atoms with Crippen LogP contribution >= 0.6 is 0 Å². The molecule has 2 rings (SSSR count). The van der Waals surface area contributed by atoms with Crippen LogP contribution in [0.1, 0.15) is 51.3 Å². The molecule has 0 spiro atoms. The van der Waals surface area contributed by atoms with E-state index < -0.39 is 0 Å². The molecule has 0 amide bonds. The Morgan fingerprint density at radius 3 is 2.37 bits per heavy atom. The quantitative estimate of drug-likeness (QED) is 0.856. The van der Waals surface area contributed by atoms with Gasteiger partial charge in [-0.2, -0.15) is 5.10 Å². The zero-order chi connectivity index (χ0) is 13.9. The Hall–Kier alpha value is -0.870. The highest BCUT2D eigenvalue weighted by Crippen LogP contribution is 2.38. The molecule has 0 aliphatic carbocycles. The first kappa shape index (κ1) is 14.5. The van der Waals surface area contributed by atoms with Gasteiger partial charge < -0.3 is 5.32 Å². The fourth-order valence-electron chi connectivity index (χ4n) is 3.73. The third kappa shape index (κ3) is 2.56. The number of nitrogens with one attached hydrogen (secondary N) is 1. The van der Waals surface area contributed by atoms with Crippen LogP contribution in [-0.4, -0.2) is 40.4 Å². The molecule has 1 aliphatic heterocycles. The minimum Gasteiger partial charge on any atom is -0.310 e. The molecule has 1 atom stereocenters. The van der Waals surface area contributed by atoms with E-state index in [-0.39, 0.29) is 5.54 Å². The van der Waals surface area contributed by atoms with Gasteiger partial charge in [0, 0.05) is 18.8 Å². The molecule has 108 valence electrons. The Morgan fingerprint density at radius 1 is 1.32 bits per heavy atom. The Labute approximate surface area is 117 Å². The number of aromatic nitrogens is 2. The number of likely N-dealkylation sites (N-methyl/N-ethyl adjacent to an activating group) is 1. The highest BCUT2D eigenvalue weighted by atomic mass is 15.3. The molecule has 1 unspecified atom stereocenters. The molecule has 0 radical (unpaired) electrons. The largest absolute Gasteiger partial charge is 0.310 e. The molecule has 0 aromatic carbocycles. The van der Waals surface area contributed by atoms with E-state index in [4.69, 9.17) is 0 Å². The summed E-state index contributed by atoms with van der Waals surface area (Å²) in [5.74, 6) is 0. The van der Waals surface area contributed by atoms with Gasteiger partial charge in [0.1, 0.15) is 0 Å². The summed E-state index contributed by atoms with van der Waals surface area (Å²) in [6.07, 6.45) is 7.03. The van der Waals surface area contributed by atoms with Gasteiger partial charge in [-0.25, -0.2) is 0 Å². The molecule has 1 aromatic heterocycles. The smallest absolute Gasteiger partial charge is 0.0812 e. The molecule has 4 heteroatoms. The van der Waals surface area contributed by atoms with Crippen LogP contribution in [-0.2, 0) is 7.05 Å². The van der Waals surface area contributed by atoms with E-state index in [1.165, 1.54) is 31.6 Å². The van der Waals surface area contributed by atoms with Gasteiger partial charge in [-0.3, -0.25) is 9.58 Å². The monoisotopic (exact) mass is 264 g/mol. The molecule has 1 aliphatic rings. The molecular weight excluding hydrogens is 236 g/mol. The number of aryl methyl sites for hydroxylation is 1. The van der Waals surface area contributed by atoms with Gasteiger partial charge in [0.15, 0.2) is 0 Å². The summed E-state index contributed by atoms with van der Waals surface area (Å²) in [5.41, 5.74) is 1.36. The summed E-state index contributed by atoms with van der Waals surface area (Å²) in [7, 11) is 4.06. The maximum Gasteiger partial charge on any atom is 0.0812 e. The van der Waals surface area contributed by atoms with Crippen LogP contribution in [0.2, 0.25) is 0 Å². The van der Waals surface area contributed by atoms with E-state index in [0.717, 1.165) is 12.8 Å². The molecule has 19 heavy (non-hydrogen) atoms. The van der Waals surface area contributed by atoms with E-state index >= 15 is 0 Å². The third-order valence-electron chi connectivity index (χ3n) is 4.82. The van der Waals surface area contributed by atoms with Crippen LogP contribution in [0.4, 0.5) is 0 Å². The number of hydrogen-bond acceptors (Lipinski definition) is 3. The van der Waals surface area contributed by atoms with E-state index in [9.17, 15) is 0 Å². The average molecular weight is 264 g/mol. The van der Waals surface area contributed by atoms with Crippen molar-refractivity contribution in [2.75, 3.05) is 20.1 Å². The summed E-state index contributed by atoms with van der Waals surface area (Å²) in [6, 6.07) is 2.46. The predicted molar refractivity (Wildman–Crippen MR) is 79.1 cm³/mol. The lowest BCUT2D eigenvalue weighted by atomic mass is 9.81. The summed E-state index contributed by atoms with van der Waals surface area (Å²) < 4.78 is 1.90. The molecule has 1 fully saturated rings. The van der Waals surface area contributed by atoms with Gasteiger partial charge in [-0.05, 0) is 51.9 Å². The number of nitrogens with zero attached hydrogens (tertiary/aromatic N) is 3. The van der Waals surface area contributed by atoms with Gasteiger partial charge >= 0.3 is 0 Å². The van der Waals surface area contributed by atoms with Gasteiger partial charge in [-0.15, -0.1) is 0 Å². The Bertz CT molecular complexity index is 389. The zero-order valence-corrected chi connectivity index (χ0v) is 12.8. The Balaban J connectivity index is 2.34. The summed E-state index contributed by atoms with van der Waals surface area (Å²) in [6.45, 7) is 7.09. The number of likely N-dealkylation sites (tertiary alicyclic amines) is 1. The van der Waals surface area contributed by atoms with Crippen molar-refractivity contribution in [3.05, 3.63) is 18.0 Å². The average Bonchev–Trinajstić information content (AvgIpc) is 3.07. The lowest BCUT2D eigenvalue weighted by Gasteiger charge is -2.46. The van der Waals surface area contributed by atoms with Crippen molar-refractivity contribution in [1.82, 2.24) is 20.0 Å². The van der Waals surface area contributed by atoms with Crippen LogP contribution in [0, 0.1) is 0 Å². The first-order valence-corrected chi connectivity index (χ1v) is 7.59. The SMILES string of the molecule is CCC(CC)(C(NC)c1ccn(C)n1)N1CCCC1. The topological polar surface area (TPSA) is 33.1 Å². The van der Waals surface area contributed by atoms with Crippen molar-refractivity contribution in [2.45, 2.75) is 51.1 Å². The molecule has 0 bridgehead atoms. The molecular formula is C15H28N4. The summed E-state index contributed by atoms with van der Waals surface area (Å²) >= 11 is 0. The van der Waals surface area contributed by atoms with Crippen molar-refractivity contribution in [1.29, 1.82) is 0 Å². The zero-order valence-electron chi connectivity index (χ0n) is 12.8. The highest BCUT2D eigenvalue weighted by molar-refractivity contribution is 5.15. The minimum absolute atomic E-state index is 0.194. The van der Waals surface area contributed by atoms with Crippen LogP contribution < -0.4 is 5.32 Å². The van der Waals surface area contributed by atoms with Gasteiger partial charge in [0.2, 0.25) is 0 Å².